The third kappa shape index (κ3) is 2.82. The van der Waals surface area contributed by atoms with Gasteiger partial charge in [-0.3, -0.25) is 20.2 Å². The van der Waals surface area contributed by atoms with Crippen molar-refractivity contribution >= 4 is 17.8 Å². The van der Waals surface area contributed by atoms with E-state index >= 15 is 0 Å². The molecule has 1 aliphatic rings. The highest BCUT2D eigenvalue weighted by atomic mass is 16.3. The van der Waals surface area contributed by atoms with E-state index in [-0.39, 0.29) is 12.3 Å². The van der Waals surface area contributed by atoms with Gasteiger partial charge in [0.1, 0.15) is 5.41 Å². The van der Waals surface area contributed by atoms with Crippen molar-refractivity contribution in [1.29, 1.82) is 0 Å². The minimum atomic E-state index is -1.35. The molecule has 96 valence electrons. The van der Waals surface area contributed by atoms with Crippen molar-refractivity contribution in [3.05, 3.63) is 0 Å². The number of barbiturate groups is 1. The Morgan fingerprint density at radius 1 is 1.06 bits per heavy atom. The smallest absolute Gasteiger partial charge is 0.328 e. The zero-order chi connectivity index (χ0) is 13.2. The van der Waals surface area contributed by atoms with Gasteiger partial charge in [-0.05, 0) is 25.7 Å². The number of rotatable bonds is 4. The number of carbonyl (C=O) groups is 3. The number of aliphatic hydroxyl groups is 1. The molecule has 1 rings (SSSR count). The van der Waals surface area contributed by atoms with Crippen LogP contribution in [0, 0.1) is 11.3 Å². The highest BCUT2D eigenvalue weighted by Crippen LogP contribution is 2.34. The standard InChI is InChI=1S/C11H18N2O4/c1-6(2)4-11(5-7(3)14)8(15)12-10(17)13-9(11)16/h6-7,14H,4-5H2,1-3H3,(H2,12,13,15,16,17). The Hall–Kier alpha value is -1.43. The van der Waals surface area contributed by atoms with Crippen molar-refractivity contribution in [2.45, 2.75) is 39.7 Å². The number of amides is 4. The van der Waals surface area contributed by atoms with Gasteiger partial charge >= 0.3 is 6.03 Å². The molecule has 1 heterocycles. The first-order chi connectivity index (χ1) is 7.78. The molecule has 1 aliphatic heterocycles. The first kappa shape index (κ1) is 13.6. The fraction of sp³-hybridized carbons (Fsp3) is 0.727. The normalized spacial score (nSPS) is 21.1. The van der Waals surface area contributed by atoms with Crippen LogP contribution in [-0.2, 0) is 9.59 Å². The van der Waals surface area contributed by atoms with Crippen LogP contribution in [0.15, 0.2) is 0 Å². The average Bonchev–Trinajstić information content (AvgIpc) is 2.12. The number of imide groups is 2. The summed E-state index contributed by atoms with van der Waals surface area (Å²) in [5.74, 6) is -1.15. The van der Waals surface area contributed by atoms with Crippen LogP contribution in [0.2, 0.25) is 0 Å². The van der Waals surface area contributed by atoms with E-state index in [4.69, 9.17) is 0 Å². The highest BCUT2D eigenvalue weighted by Gasteiger charge is 2.50. The topological polar surface area (TPSA) is 95.5 Å². The van der Waals surface area contributed by atoms with Crippen LogP contribution >= 0.6 is 0 Å². The number of hydrogen-bond donors (Lipinski definition) is 3. The van der Waals surface area contributed by atoms with Crippen LogP contribution in [0.4, 0.5) is 4.79 Å². The summed E-state index contributed by atoms with van der Waals surface area (Å²) >= 11 is 0. The van der Waals surface area contributed by atoms with Gasteiger partial charge in [0.15, 0.2) is 0 Å². The lowest BCUT2D eigenvalue weighted by molar-refractivity contribution is -0.148. The fourth-order valence-corrected chi connectivity index (χ4v) is 2.24. The molecule has 0 aliphatic carbocycles. The van der Waals surface area contributed by atoms with Crippen LogP contribution in [0.5, 0.6) is 0 Å². The second kappa shape index (κ2) is 4.83. The van der Waals surface area contributed by atoms with E-state index < -0.39 is 29.4 Å². The first-order valence-corrected chi connectivity index (χ1v) is 5.63. The van der Waals surface area contributed by atoms with Crippen LogP contribution in [0.1, 0.15) is 33.6 Å². The molecule has 1 fully saturated rings. The number of nitrogens with one attached hydrogen (secondary N) is 2. The quantitative estimate of drug-likeness (QED) is 0.612. The van der Waals surface area contributed by atoms with Crippen molar-refractivity contribution in [3.63, 3.8) is 0 Å². The maximum absolute atomic E-state index is 11.9. The number of urea groups is 1. The van der Waals surface area contributed by atoms with E-state index in [2.05, 4.69) is 10.6 Å². The number of hydrogen-bond acceptors (Lipinski definition) is 4. The van der Waals surface area contributed by atoms with Gasteiger partial charge in [0, 0.05) is 0 Å². The summed E-state index contributed by atoms with van der Waals surface area (Å²) in [6, 6.07) is -0.801. The molecule has 1 atom stereocenters. The second-order valence-electron chi connectivity index (χ2n) is 4.97. The molecule has 0 aromatic carbocycles. The van der Waals surface area contributed by atoms with Gasteiger partial charge < -0.3 is 5.11 Å². The summed E-state index contributed by atoms with van der Waals surface area (Å²) in [5, 5.41) is 13.6. The molecule has 6 nitrogen and oxygen atoms in total. The summed E-state index contributed by atoms with van der Waals surface area (Å²) < 4.78 is 0. The molecule has 4 amide bonds. The van der Waals surface area contributed by atoms with Gasteiger partial charge in [-0.1, -0.05) is 13.8 Å². The number of aliphatic hydroxyl groups excluding tert-OH is 1. The van der Waals surface area contributed by atoms with Crippen molar-refractivity contribution in [3.8, 4) is 0 Å². The Bertz CT molecular complexity index is 317. The summed E-state index contributed by atoms with van der Waals surface area (Å²) in [6.07, 6.45) is -0.489. The zero-order valence-electron chi connectivity index (χ0n) is 10.2. The molecule has 6 heteroatoms. The Kier molecular flexibility index (Phi) is 3.87. The summed E-state index contributed by atoms with van der Waals surface area (Å²) in [5.41, 5.74) is -1.35. The van der Waals surface area contributed by atoms with Crippen molar-refractivity contribution in [2.24, 2.45) is 11.3 Å². The lowest BCUT2D eigenvalue weighted by atomic mass is 9.73. The number of carbonyl (C=O) groups excluding carboxylic acids is 3. The zero-order valence-corrected chi connectivity index (χ0v) is 10.2. The van der Waals surface area contributed by atoms with E-state index in [0.717, 1.165) is 0 Å². The molecule has 17 heavy (non-hydrogen) atoms. The maximum atomic E-state index is 11.9. The molecule has 1 saturated heterocycles. The van der Waals surface area contributed by atoms with E-state index in [1.165, 1.54) is 6.92 Å². The minimum absolute atomic E-state index is 0.0100. The predicted octanol–water partition coefficient (Wildman–Crippen LogP) is 0.156. The average molecular weight is 242 g/mol. The molecule has 0 bridgehead atoms. The summed E-state index contributed by atoms with van der Waals surface area (Å²) in [6.45, 7) is 5.26. The van der Waals surface area contributed by atoms with E-state index in [9.17, 15) is 19.5 Å². The molecule has 0 radical (unpaired) electrons. The van der Waals surface area contributed by atoms with Gasteiger partial charge in [-0.2, -0.15) is 0 Å². The lowest BCUT2D eigenvalue weighted by Crippen LogP contribution is -2.63. The van der Waals surface area contributed by atoms with E-state index in [1.807, 2.05) is 13.8 Å². The summed E-state index contributed by atoms with van der Waals surface area (Å²) in [7, 11) is 0. The molecule has 3 N–H and O–H groups in total. The fourth-order valence-electron chi connectivity index (χ4n) is 2.24. The minimum Gasteiger partial charge on any atom is -0.393 e. The largest absolute Gasteiger partial charge is 0.393 e. The van der Waals surface area contributed by atoms with E-state index in [1.54, 1.807) is 0 Å². The third-order valence-electron chi connectivity index (χ3n) is 2.72. The van der Waals surface area contributed by atoms with Crippen molar-refractivity contribution < 1.29 is 19.5 Å². The maximum Gasteiger partial charge on any atom is 0.328 e. The highest BCUT2D eigenvalue weighted by molar-refractivity contribution is 6.19. The van der Waals surface area contributed by atoms with Crippen molar-refractivity contribution in [1.82, 2.24) is 10.6 Å². The Morgan fingerprint density at radius 2 is 1.53 bits per heavy atom. The Labute approximate surface area is 99.8 Å². The molecule has 0 aromatic heterocycles. The monoisotopic (exact) mass is 242 g/mol. The van der Waals surface area contributed by atoms with Gasteiger partial charge in [0.05, 0.1) is 6.10 Å². The Balaban J connectivity index is 3.06. The second-order valence-corrected chi connectivity index (χ2v) is 4.97. The van der Waals surface area contributed by atoms with Crippen LogP contribution < -0.4 is 10.6 Å². The van der Waals surface area contributed by atoms with Gasteiger partial charge in [0.25, 0.3) is 0 Å². The summed E-state index contributed by atoms with van der Waals surface area (Å²) in [4.78, 5) is 34.8. The lowest BCUT2D eigenvalue weighted by Gasteiger charge is -2.35. The molecule has 0 aromatic rings. The van der Waals surface area contributed by atoms with Gasteiger partial charge in [-0.15, -0.1) is 0 Å². The van der Waals surface area contributed by atoms with Crippen LogP contribution in [0.25, 0.3) is 0 Å². The molecular formula is C11H18N2O4. The molecule has 0 spiro atoms. The Morgan fingerprint density at radius 3 is 1.88 bits per heavy atom. The molecular weight excluding hydrogens is 224 g/mol. The van der Waals surface area contributed by atoms with Crippen LogP contribution in [-0.4, -0.2) is 29.1 Å². The van der Waals surface area contributed by atoms with E-state index in [0.29, 0.717) is 6.42 Å². The molecule has 1 unspecified atom stereocenters. The van der Waals surface area contributed by atoms with Gasteiger partial charge in [0.2, 0.25) is 11.8 Å². The van der Waals surface area contributed by atoms with Crippen molar-refractivity contribution in [2.75, 3.05) is 0 Å². The SMILES string of the molecule is CC(C)CC1(CC(C)O)C(=O)NC(=O)NC1=O. The third-order valence-corrected chi connectivity index (χ3v) is 2.72. The van der Waals surface area contributed by atoms with Crippen LogP contribution in [0.3, 0.4) is 0 Å². The van der Waals surface area contributed by atoms with Gasteiger partial charge in [-0.25, -0.2) is 4.79 Å². The first-order valence-electron chi connectivity index (χ1n) is 5.63. The molecule has 0 saturated carbocycles. The predicted molar refractivity (Wildman–Crippen MR) is 59.9 cm³/mol.